The fourth-order valence-electron chi connectivity index (χ4n) is 4.42. The predicted octanol–water partition coefficient (Wildman–Crippen LogP) is 2.64. The van der Waals surface area contributed by atoms with Crippen molar-refractivity contribution in [2.75, 3.05) is 18.4 Å². The Bertz CT molecular complexity index is 1090. The normalized spacial score (nSPS) is 16.8. The molecule has 1 aromatic carbocycles. The number of anilines is 1. The standard InChI is InChI=1S/C21H20N6O/c1-25-19-17(14-23-25)24-21(18-3-2-10-27(18)19)8-11-26(12-9-21)20(28)16-6-4-15(13-22)5-7-16/h2-7,10,14,24H,8-9,11-12H2,1H3. The van der Waals surface area contributed by atoms with E-state index in [2.05, 4.69) is 39.4 Å². The van der Waals surface area contributed by atoms with Gasteiger partial charge in [0.15, 0.2) is 5.82 Å². The van der Waals surface area contributed by atoms with Crippen molar-refractivity contribution in [3.05, 3.63) is 65.6 Å². The van der Waals surface area contributed by atoms with Gasteiger partial charge in [-0.25, -0.2) is 0 Å². The number of nitrogens with one attached hydrogen (secondary N) is 1. The molecule has 5 rings (SSSR count). The molecule has 1 spiro atoms. The largest absolute Gasteiger partial charge is 0.370 e. The number of amides is 1. The minimum atomic E-state index is -0.193. The van der Waals surface area contributed by atoms with Gasteiger partial charge in [0.2, 0.25) is 0 Å². The van der Waals surface area contributed by atoms with Gasteiger partial charge in [0, 0.05) is 37.6 Å². The highest BCUT2D eigenvalue weighted by Crippen LogP contribution is 2.43. The van der Waals surface area contributed by atoms with Crippen molar-refractivity contribution in [2.24, 2.45) is 7.05 Å². The Kier molecular flexibility index (Phi) is 3.56. The summed E-state index contributed by atoms with van der Waals surface area (Å²) in [6.07, 6.45) is 5.60. The second-order valence-corrected chi connectivity index (χ2v) is 7.46. The first-order valence-electron chi connectivity index (χ1n) is 9.39. The van der Waals surface area contributed by atoms with Crippen molar-refractivity contribution in [1.29, 1.82) is 5.26 Å². The molecule has 4 heterocycles. The maximum Gasteiger partial charge on any atom is 0.253 e. The van der Waals surface area contributed by atoms with Crippen molar-refractivity contribution in [3.63, 3.8) is 0 Å². The highest BCUT2D eigenvalue weighted by molar-refractivity contribution is 5.94. The number of benzene rings is 1. The van der Waals surface area contributed by atoms with E-state index in [1.807, 2.05) is 22.8 Å². The molecule has 0 bridgehead atoms. The van der Waals surface area contributed by atoms with E-state index in [4.69, 9.17) is 5.26 Å². The summed E-state index contributed by atoms with van der Waals surface area (Å²) in [4.78, 5) is 14.8. The number of aryl methyl sites for hydroxylation is 1. The fourth-order valence-corrected chi connectivity index (χ4v) is 4.42. The molecule has 28 heavy (non-hydrogen) atoms. The molecule has 1 amide bonds. The molecule has 7 nitrogen and oxygen atoms in total. The summed E-state index contributed by atoms with van der Waals surface area (Å²) in [6.45, 7) is 1.35. The van der Waals surface area contributed by atoms with Gasteiger partial charge in [-0.2, -0.15) is 10.4 Å². The maximum atomic E-state index is 12.9. The molecule has 0 radical (unpaired) electrons. The number of nitrogens with zero attached hydrogens (tertiary/aromatic N) is 5. The van der Waals surface area contributed by atoms with Crippen LogP contribution in [0.15, 0.2) is 48.8 Å². The lowest BCUT2D eigenvalue weighted by Crippen LogP contribution is -2.51. The number of nitriles is 1. The summed E-state index contributed by atoms with van der Waals surface area (Å²) in [5.41, 5.74) is 3.24. The van der Waals surface area contributed by atoms with Crippen LogP contribution in [0.3, 0.4) is 0 Å². The van der Waals surface area contributed by atoms with Crippen molar-refractivity contribution in [1.82, 2.24) is 19.2 Å². The van der Waals surface area contributed by atoms with Crippen LogP contribution in [0.4, 0.5) is 5.69 Å². The van der Waals surface area contributed by atoms with Crippen LogP contribution in [-0.2, 0) is 12.6 Å². The number of hydrogen-bond acceptors (Lipinski definition) is 4. The third-order valence-electron chi connectivity index (χ3n) is 5.91. The van der Waals surface area contributed by atoms with Crippen LogP contribution >= 0.6 is 0 Å². The van der Waals surface area contributed by atoms with Crippen LogP contribution < -0.4 is 5.32 Å². The average molecular weight is 372 g/mol. The number of hydrogen-bond donors (Lipinski definition) is 1. The monoisotopic (exact) mass is 372 g/mol. The lowest BCUT2D eigenvalue weighted by Gasteiger charge is -2.45. The third kappa shape index (κ3) is 2.34. The van der Waals surface area contributed by atoms with E-state index in [1.54, 1.807) is 24.3 Å². The molecule has 2 aliphatic rings. The molecule has 1 N–H and O–H groups in total. The molecular weight excluding hydrogens is 352 g/mol. The van der Waals surface area contributed by atoms with Gasteiger partial charge in [-0.15, -0.1) is 0 Å². The van der Waals surface area contributed by atoms with Gasteiger partial charge in [-0.1, -0.05) is 0 Å². The lowest BCUT2D eigenvalue weighted by molar-refractivity contribution is 0.0676. The minimum Gasteiger partial charge on any atom is -0.370 e. The number of fused-ring (bicyclic) bond motifs is 4. The van der Waals surface area contributed by atoms with E-state index in [0.717, 1.165) is 24.3 Å². The van der Waals surface area contributed by atoms with Crippen molar-refractivity contribution >= 4 is 11.6 Å². The summed E-state index contributed by atoms with van der Waals surface area (Å²) in [5, 5.41) is 17.0. The molecule has 2 aromatic heterocycles. The average Bonchev–Trinajstić information content (AvgIpc) is 3.35. The highest BCUT2D eigenvalue weighted by atomic mass is 16.2. The van der Waals surface area contributed by atoms with Gasteiger partial charge in [-0.05, 0) is 49.2 Å². The van der Waals surface area contributed by atoms with Crippen LogP contribution in [0.25, 0.3) is 5.82 Å². The lowest BCUT2D eigenvalue weighted by atomic mass is 9.82. The molecule has 7 heteroatoms. The van der Waals surface area contributed by atoms with Gasteiger partial charge in [0.25, 0.3) is 5.91 Å². The van der Waals surface area contributed by atoms with E-state index in [9.17, 15) is 4.79 Å². The molecule has 0 aliphatic carbocycles. The van der Waals surface area contributed by atoms with Crippen LogP contribution in [0.2, 0.25) is 0 Å². The first-order chi connectivity index (χ1) is 13.6. The molecule has 0 atom stereocenters. The summed E-state index contributed by atoms with van der Waals surface area (Å²) in [7, 11) is 1.95. The van der Waals surface area contributed by atoms with Gasteiger partial charge in [0.1, 0.15) is 0 Å². The predicted molar refractivity (Wildman–Crippen MR) is 104 cm³/mol. The van der Waals surface area contributed by atoms with Crippen LogP contribution in [-0.4, -0.2) is 38.2 Å². The summed E-state index contributed by atoms with van der Waals surface area (Å²) in [5.74, 6) is 1.06. The van der Waals surface area contributed by atoms with E-state index in [1.165, 1.54) is 5.69 Å². The van der Waals surface area contributed by atoms with Crippen LogP contribution in [0, 0.1) is 11.3 Å². The number of carbonyl (C=O) groups excluding carboxylic acids is 1. The Morgan fingerprint density at radius 1 is 1.21 bits per heavy atom. The van der Waals surface area contributed by atoms with Crippen LogP contribution in [0.1, 0.15) is 34.5 Å². The van der Waals surface area contributed by atoms with Crippen molar-refractivity contribution in [3.8, 4) is 11.9 Å². The van der Waals surface area contributed by atoms with Gasteiger partial charge < -0.3 is 14.8 Å². The number of carbonyl (C=O) groups is 1. The second-order valence-electron chi connectivity index (χ2n) is 7.46. The quantitative estimate of drug-likeness (QED) is 0.712. The second kappa shape index (κ2) is 5.99. The van der Waals surface area contributed by atoms with Crippen LogP contribution in [0.5, 0.6) is 0 Å². The fraction of sp³-hybridized carbons (Fsp3) is 0.286. The number of rotatable bonds is 1. The molecular formula is C21H20N6O. The van der Waals surface area contributed by atoms with Crippen molar-refractivity contribution < 1.29 is 4.79 Å². The molecule has 0 unspecified atom stereocenters. The first-order valence-corrected chi connectivity index (χ1v) is 9.39. The first kappa shape index (κ1) is 16.6. The highest BCUT2D eigenvalue weighted by Gasteiger charge is 2.43. The SMILES string of the molecule is Cn1ncc2c1-n1cccc1C1(CCN(C(=O)c3ccc(C#N)cc3)CC1)N2. The zero-order valence-corrected chi connectivity index (χ0v) is 15.6. The number of aromatic nitrogens is 3. The Hall–Kier alpha value is -3.53. The minimum absolute atomic E-state index is 0.0209. The Morgan fingerprint density at radius 3 is 2.68 bits per heavy atom. The Balaban J connectivity index is 1.39. The van der Waals surface area contributed by atoms with E-state index >= 15 is 0 Å². The number of piperidine rings is 1. The zero-order chi connectivity index (χ0) is 19.3. The topological polar surface area (TPSA) is 78.9 Å². The smallest absolute Gasteiger partial charge is 0.253 e. The summed E-state index contributed by atoms with van der Waals surface area (Å²) < 4.78 is 4.08. The molecule has 1 saturated heterocycles. The number of likely N-dealkylation sites (tertiary alicyclic amines) is 1. The third-order valence-corrected chi connectivity index (χ3v) is 5.91. The molecule has 3 aromatic rings. The van der Waals surface area contributed by atoms with E-state index in [0.29, 0.717) is 24.2 Å². The molecule has 2 aliphatic heterocycles. The maximum absolute atomic E-state index is 12.9. The van der Waals surface area contributed by atoms with E-state index < -0.39 is 0 Å². The Morgan fingerprint density at radius 2 is 1.96 bits per heavy atom. The van der Waals surface area contributed by atoms with Gasteiger partial charge in [-0.3, -0.25) is 9.48 Å². The van der Waals surface area contributed by atoms with Gasteiger partial charge >= 0.3 is 0 Å². The summed E-state index contributed by atoms with van der Waals surface area (Å²) >= 11 is 0. The molecule has 1 fully saturated rings. The zero-order valence-electron chi connectivity index (χ0n) is 15.6. The molecule has 140 valence electrons. The van der Waals surface area contributed by atoms with E-state index in [-0.39, 0.29) is 11.4 Å². The summed E-state index contributed by atoms with van der Waals surface area (Å²) in [6, 6.07) is 13.2. The van der Waals surface area contributed by atoms with Crippen molar-refractivity contribution in [2.45, 2.75) is 18.4 Å². The van der Waals surface area contributed by atoms with Gasteiger partial charge in [0.05, 0.1) is 29.1 Å². The molecule has 0 saturated carbocycles. The Labute approximate surface area is 162 Å².